The Morgan fingerprint density at radius 2 is 2.00 bits per heavy atom. The maximum atomic E-state index is 12.6. The Hall–Kier alpha value is -1.25. The van der Waals surface area contributed by atoms with E-state index < -0.39 is 12.1 Å². The minimum atomic E-state index is -4.05. The molecule has 2 rings (SSSR count). The van der Waals surface area contributed by atoms with Crippen LogP contribution in [0.1, 0.15) is 42.9 Å². The SMILES string of the molecule is CCc1ccc(C2=CCC(C(F)(F)F)CC2)cc1C. The van der Waals surface area contributed by atoms with E-state index in [1.54, 1.807) is 6.08 Å². The molecule has 104 valence electrons. The summed E-state index contributed by atoms with van der Waals surface area (Å²) in [6.45, 7) is 4.17. The molecule has 0 aliphatic heterocycles. The highest BCUT2D eigenvalue weighted by Gasteiger charge is 2.39. The first-order valence-electron chi connectivity index (χ1n) is 6.77. The molecule has 0 aromatic heterocycles. The lowest BCUT2D eigenvalue weighted by atomic mass is 9.85. The van der Waals surface area contributed by atoms with Crippen LogP contribution in [0.2, 0.25) is 0 Å². The molecule has 0 heterocycles. The van der Waals surface area contributed by atoms with E-state index in [0.717, 1.165) is 17.6 Å². The fourth-order valence-corrected chi connectivity index (χ4v) is 2.69. The molecule has 3 heteroatoms. The third kappa shape index (κ3) is 3.20. The van der Waals surface area contributed by atoms with E-state index >= 15 is 0 Å². The van der Waals surface area contributed by atoms with Gasteiger partial charge in [-0.3, -0.25) is 0 Å². The van der Waals surface area contributed by atoms with Crippen LogP contribution in [0.3, 0.4) is 0 Å². The molecule has 0 bridgehead atoms. The molecule has 0 N–H and O–H groups in total. The van der Waals surface area contributed by atoms with Crippen LogP contribution in [0.4, 0.5) is 13.2 Å². The molecule has 0 spiro atoms. The van der Waals surface area contributed by atoms with Gasteiger partial charge in [-0.25, -0.2) is 0 Å². The van der Waals surface area contributed by atoms with Gasteiger partial charge in [0.25, 0.3) is 0 Å². The predicted molar refractivity (Wildman–Crippen MR) is 71.9 cm³/mol. The normalized spacial score (nSPS) is 20.3. The molecule has 1 aromatic carbocycles. The van der Waals surface area contributed by atoms with Gasteiger partial charge >= 0.3 is 6.18 Å². The summed E-state index contributed by atoms with van der Waals surface area (Å²) in [5, 5.41) is 0. The summed E-state index contributed by atoms with van der Waals surface area (Å²) in [6.07, 6.45) is -0.445. The first-order chi connectivity index (χ1) is 8.91. The zero-order chi connectivity index (χ0) is 14.0. The molecular weight excluding hydrogens is 249 g/mol. The van der Waals surface area contributed by atoms with Crippen LogP contribution in [0.15, 0.2) is 24.3 Å². The second kappa shape index (κ2) is 5.40. The average molecular weight is 268 g/mol. The van der Waals surface area contributed by atoms with E-state index in [1.165, 1.54) is 11.1 Å². The fraction of sp³-hybridized carbons (Fsp3) is 0.500. The molecule has 1 atom stereocenters. The monoisotopic (exact) mass is 268 g/mol. The molecule has 19 heavy (non-hydrogen) atoms. The molecule has 0 nitrogen and oxygen atoms in total. The third-order valence-corrected chi connectivity index (χ3v) is 3.97. The van der Waals surface area contributed by atoms with Gasteiger partial charge in [-0.2, -0.15) is 13.2 Å². The maximum Gasteiger partial charge on any atom is 0.392 e. The number of alkyl halides is 3. The quantitative estimate of drug-likeness (QED) is 0.682. The number of rotatable bonds is 2. The van der Waals surface area contributed by atoms with Gasteiger partial charge in [0.1, 0.15) is 0 Å². The van der Waals surface area contributed by atoms with E-state index in [4.69, 9.17) is 0 Å². The summed E-state index contributed by atoms with van der Waals surface area (Å²) in [7, 11) is 0. The largest absolute Gasteiger partial charge is 0.392 e. The molecule has 0 radical (unpaired) electrons. The number of halogens is 3. The Balaban J connectivity index is 2.16. The van der Waals surface area contributed by atoms with Crippen LogP contribution < -0.4 is 0 Å². The van der Waals surface area contributed by atoms with Crippen molar-refractivity contribution < 1.29 is 13.2 Å². The van der Waals surface area contributed by atoms with Crippen molar-refractivity contribution >= 4 is 5.57 Å². The van der Waals surface area contributed by atoms with E-state index in [2.05, 4.69) is 26.0 Å². The van der Waals surface area contributed by atoms with Gasteiger partial charge in [-0.05, 0) is 54.9 Å². The van der Waals surface area contributed by atoms with Crippen molar-refractivity contribution in [1.82, 2.24) is 0 Å². The zero-order valence-electron chi connectivity index (χ0n) is 11.3. The van der Waals surface area contributed by atoms with E-state index in [-0.39, 0.29) is 12.8 Å². The summed E-state index contributed by atoms with van der Waals surface area (Å²) < 4.78 is 37.8. The topological polar surface area (TPSA) is 0 Å². The second-order valence-corrected chi connectivity index (χ2v) is 5.24. The number of benzene rings is 1. The van der Waals surface area contributed by atoms with Crippen molar-refractivity contribution in [2.24, 2.45) is 5.92 Å². The van der Waals surface area contributed by atoms with Crippen molar-refractivity contribution in [2.75, 3.05) is 0 Å². The Kier molecular flexibility index (Phi) is 4.02. The van der Waals surface area contributed by atoms with Crippen LogP contribution in [-0.4, -0.2) is 6.18 Å². The minimum Gasteiger partial charge on any atom is -0.171 e. The highest BCUT2D eigenvalue weighted by Crippen LogP contribution is 2.39. The van der Waals surface area contributed by atoms with Gasteiger partial charge < -0.3 is 0 Å². The van der Waals surface area contributed by atoms with Crippen molar-refractivity contribution in [3.8, 4) is 0 Å². The minimum absolute atomic E-state index is 0.118. The smallest absolute Gasteiger partial charge is 0.171 e. The van der Waals surface area contributed by atoms with Gasteiger partial charge in [-0.15, -0.1) is 0 Å². The molecule has 0 saturated heterocycles. The Bertz CT molecular complexity index is 483. The summed E-state index contributed by atoms with van der Waals surface area (Å²) in [5.41, 5.74) is 4.66. The molecular formula is C16H19F3. The fourth-order valence-electron chi connectivity index (χ4n) is 2.69. The summed E-state index contributed by atoms with van der Waals surface area (Å²) >= 11 is 0. The molecule has 1 unspecified atom stereocenters. The predicted octanol–water partition coefficient (Wildman–Crippen LogP) is 5.30. The van der Waals surface area contributed by atoms with Crippen LogP contribution >= 0.6 is 0 Å². The van der Waals surface area contributed by atoms with E-state index in [9.17, 15) is 13.2 Å². The number of hydrogen-bond acceptors (Lipinski definition) is 0. The molecule has 0 amide bonds. The number of allylic oxidation sites excluding steroid dienone is 2. The Morgan fingerprint density at radius 1 is 1.26 bits per heavy atom. The zero-order valence-corrected chi connectivity index (χ0v) is 11.3. The Morgan fingerprint density at radius 3 is 2.47 bits per heavy atom. The van der Waals surface area contributed by atoms with Gasteiger partial charge in [0.15, 0.2) is 0 Å². The van der Waals surface area contributed by atoms with Gasteiger partial charge in [-0.1, -0.05) is 31.2 Å². The van der Waals surface area contributed by atoms with Crippen LogP contribution in [0.25, 0.3) is 5.57 Å². The summed E-state index contributed by atoms with van der Waals surface area (Å²) in [6, 6.07) is 6.21. The first kappa shape index (κ1) is 14.2. The van der Waals surface area contributed by atoms with Gasteiger partial charge in [0.2, 0.25) is 0 Å². The number of hydrogen-bond donors (Lipinski definition) is 0. The van der Waals surface area contributed by atoms with Crippen molar-refractivity contribution in [3.63, 3.8) is 0 Å². The lowest BCUT2D eigenvalue weighted by Gasteiger charge is -2.24. The molecule has 1 aromatic rings. The van der Waals surface area contributed by atoms with Crippen molar-refractivity contribution in [2.45, 2.75) is 45.7 Å². The van der Waals surface area contributed by atoms with Crippen LogP contribution in [0.5, 0.6) is 0 Å². The highest BCUT2D eigenvalue weighted by molar-refractivity contribution is 5.67. The van der Waals surface area contributed by atoms with Gasteiger partial charge in [0.05, 0.1) is 5.92 Å². The standard InChI is InChI=1S/C16H19F3/c1-3-12-4-5-14(10-11(12)2)13-6-8-15(9-7-13)16(17,18)19/h4-6,10,15H,3,7-9H2,1-2H3. The molecule has 0 saturated carbocycles. The van der Waals surface area contributed by atoms with Crippen molar-refractivity contribution in [3.05, 3.63) is 41.0 Å². The van der Waals surface area contributed by atoms with Crippen LogP contribution in [-0.2, 0) is 6.42 Å². The average Bonchev–Trinajstić information content (AvgIpc) is 2.38. The molecule has 1 aliphatic rings. The summed E-state index contributed by atoms with van der Waals surface area (Å²) in [5.74, 6) is -1.16. The van der Waals surface area contributed by atoms with E-state index in [0.29, 0.717) is 6.42 Å². The lowest BCUT2D eigenvalue weighted by molar-refractivity contribution is -0.175. The summed E-state index contributed by atoms with van der Waals surface area (Å²) in [4.78, 5) is 0. The lowest BCUT2D eigenvalue weighted by Crippen LogP contribution is -2.24. The van der Waals surface area contributed by atoms with E-state index in [1.807, 2.05) is 6.07 Å². The van der Waals surface area contributed by atoms with Crippen LogP contribution in [0, 0.1) is 12.8 Å². The molecule has 1 aliphatic carbocycles. The van der Waals surface area contributed by atoms with Crippen molar-refractivity contribution in [1.29, 1.82) is 0 Å². The second-order valence-electron chi connectivity index (χ2n) is 5.24. The van der Waals surface area contributed by atoms with Gasteiger partial charge in [0, 0.05) is 0 Å². The first-order valence-corrected chi connectivity index (χ1v) is 6.77. The Labute approximate surface area is 112 Å². The third-order valence-electron chi connectivity index (χ3n) is 3.97. The maximum absolute atomic E-state index is 12.6. The highest BCUT2D eigenvalue weighted by atomic mass is 19.4. The molecule has 0 fully saturated rings. The number of aryl methyl sites for hydroxylation is 2.